The Morgan fingerprint density at radius 2 is 0.776 bits per heavy atom. The quantitative estimate of drug-likeness (QED) is 0.0201. The lowest BCUT2D eigenvalue weighted by Gasteiger charge is -2.18. The van der Waals surface area contributed by atoms with Gasteiger partial charge in [0.05, 0.1) is 0 Å². The second-order valence-corrected chi connectivity index (χ2v) is 16.1. The molecule has 0 aliphatic heterocycles. The molecule has 0 aromatic rings. The van der Waals surface area contributed by atoms with Gasteiger partial charge in [-0.3, -0.25) is 14.4 Å². The van der Waals surface area contributed by atoms with E-state index in [0.717, 1.165) is 64.2 Å². The minimum absolute atomic E-state index is 0.0991. The van der Waals surface area contributed by atoms with E-state index >= 15 is 0 Å². The highest BCUT2D eigenvalue weighted by Gasteiger charge is 2.19. The van der Waals surface area contributed by atoms with Crippen LogP contribution in [-0.2, 0) is 28.6 Å². The van der Waals surface area contributed by atoms with Crippen LogP contribution in [0.4, 0.5) is 0 Å². The first kappa shape index (κ1) is 55.1. The summed E-state index contributed by atoms with van der Waals surface area (Å²) in [6.45, 7) is 6.43. The number of rotatable bonds is 43. The van der Waals surface area contributed by atoms with E-state index in [2.05, 4.69) is 75.5 Å². The number of unbranched alkanes of at least 4 members (excludes halogenated alkanes) is 24. The minimum atomic E-state index is -0.806. The summed E-state index contributed by atoms with van der Waals surface area (Å²) in [4.78, 5) is 37.8. The molecule has 0 heterocycles. The molecule has 0 aliphatic rings. The van der Waals surface area contributed by atoms with Gasteiger partial charge in [0.25, 0.3) is 0 Å². The Morgan fingerprint density at radius 1 is 0.379 bits per heavy atom. The van der Waals surface area contributed by atoms with Crippen molar-refractivity contribution in [1.29, 1.82) is 0 Å². The van der Waals surface area contributed by atoms with E-state index in [-0.39, 0.29) is 37.5 Å². The van der Waals surface area contributed by atoms with Gasteiger partial charge >= 0.3 is 17.9 Å². The Labute approximate surface area is 358 Å². The van der Waals surface area contributed by atoms with Crippen molar-refractivity contribution in [1.82, 2.24) is 0 Å². The molecule has 1 unspecified atom stereocenters. The van der Waals surface area contributed by atoms with Gasteiger partial charge in [-0.05, 0) is 57.8 Å². The van der Waals surface area contributed by atoms with Gasteiger partial charge in [0, 0.05) is 19.3 Å². The molecule has 0 saturated heterocycles. The van der Waals surface area contributed by atoms with Crippen LogP contribution in [0.5, 0.6) is 0 Å². The van der Waals surface area contributed by atoms with Crippen LogP contribution >= 0.6 is 0 Å². The van der Waals surface area contributed by atoms with Gasteiger partial charge in [0.1, 0.15) is 13.2 Å². The fourth-order valence-corrected chi connectivity index (χ4v) is 6.67. The zero-order valence-electron chi connectivity index (χ0n) is 38.0. The molecule has 0 radical (unpaired) electrons. The summed E-state index contributed by atoms with van der Waals surface area (Å²) in [6, 6.07) is 0. The third-order valence-electron chi connectivity index (χ3n) is 10.3. The summed E-state index contributed by atoms with van der Waals surface area (Å²) in [7, 11) is 0. The summed E-state index contributed by atoms with van der Waals surface area (Å²) >= 11 is 0. The predicted molar refractivity (Wildman–Crippen MR) is 247 cm³/mol. The standard InChI is InChI=1S/C52H90O6/c1-4-7-10-13-16-19-22-25-26-28-30-33-36-39-42-45-51(54)57-48-49(47-56-50(53)44-41-38-35-32-29-24-21-18-15-12-9-6-3)58-52(55)46-43-40-37-34-31-27-23-20-17-14-11-8-5-2/h7,10,13,16,19,22,27,31,37,40,49H,4-6,8-9,11-12,14-15,17-18,20-21,23-26,28-30,32-36,38-39,41-48H2,1-3H3/b10-7-,16-13-,22-19-,31-27-,40-37-. The summed E-state index contributed by atoms with van der Waals surface area (Å²) in [5.41, 5.74) is 0. The molecule has 0 N–H and O–H groups in total. The van der Waals surface area contributed by atoms with Crippen LogP contribution in [0.2, 0.25) is 0 Å². The van der Waals surface area contributed by atoms with Gasteiger partial charge in [0.2, 0.25) is 0 Å². The Balaban J connectivity index is 4.45. The Morgan fingerprint density at radius 3 is 1.24 bits per heavy atom. The minimum Gasteiger partial charge on any atom is -0.462 e. The van der Waals surface area contributed by atoms with Crippen molar-refractivity contribution in [3.05, 3.63) is 60.8 Å². The number of hydrogen-bond donors (Lipinski definition) is 0. The molecule has 0 spiro atoms. The van der Waals surface area contributed by atoms with Gasteiger partial charge in [-0.25, -0.2) is 0 Å². The van der Waals surface area contributed by atoms with E-state index in [0.29, 0.717) is 19.3 Å². The van der Waals surface area contributed by atoms with Gasteiger partial charge in [-0.2, -0.15) is 0 Å². The van der Waals surface area contributed by atoms with E-state index < -0.39 is 6.10 Å². The van der Waals surface area contributed by atoms with Crippen LogP contribution in [0, 0.1) is 0 Å². The Kier molecular flexibility index (Phi) is 44.5. The first-order valence-electron chi connectivity index (χ1n) is 24.3. The smallest absolute Gasteiger partial charge is 0.306 e. The van der Waals surface area contributed by atoms with E-state index in [1.165, 1.54) is 122 Å². The van der Waals surface area contributed by atoms with Crippen LogP contribution in [0.3, 0.4) is 0 Å². The molecule has 334 valence electrons. The normalized spacial score (nSPS) is 12.5. The Hall–Kier alpha value is -2.89. The molecule has 0 amide bonds. The number of allylic oxidation sites excluding steroid dienone is 10. The molecule has 0 rings (SSSR count). The maximum Gasteiger partial charge on any atom is 0.306 e. The summed E-state index contributed by atoms with van der Waals surface area (Å²) < 4.78 is 16.7. The highest BCUT2D eigenvalue weighted by Crippen LogP contribution is 2.14. The lowest BCUT2D eigenvalue weighted by molar-refractivity contribution is -0.166. The van der Waals surface area contributed by atoms with Crippen LogP contribution < -0.4 is 0 Å². The van der Waals surface area contributed by atoms with Gasteiger partial charge in [0.15, 0.2) is 6.10 Å². The van der Waals surface area contributed by atoms with Crippen molar-refractivity contribution in [2.45, 2.75) is 239 Å². The summed E-state index contributed by atoms with van der Waals surface area (Å²) in [5.74, 6) is -0.979. The maximum atomic E-state index is 12.7. The predicted octanol–water partition coefficient (Wildman–Crippen LogP) is 15.7. The molecule has 0 saturated carbocycles. The van der Waals surface area contributed by atoms with Gasteiger partial charge < -0.3 is 14.2 Å². The number of ether oxygens (including phenoxy) is 3. The molecule has 6 nitrogen and oxygen atoms in total. The van der Waals surface area contributed by atoms with Crippen LogP contribution in [0.15, 0.2) is 60.8 Å². The Bertz CT molecular complexity index is 1070. The molecular formula is C52H90O6. The molecule has 0 aromatic carbocycles. The van der Waals surface area contributed by atoms with Crippen LogP contribution in [0.1, 0.15) is 233 Å². The molecule has 0 bridgehead atoms. The first-order chi connectivity index (χ1) is 28.5. The molecule has 0 aliphatic carbocycles. The van der Waals surface area contributed by atoms with E-state index in [1.54, 1.807) is 0 Å². The number of hydrogen-bond acceptors (Lipinski definition) is 6. The molecule has 0 fully saturated rings. The van der Waals surface area contributed by atoms with Crippen molar-refractivity contribution in [2.75, 3.05) is 13.2 Å². The van der Waals surface area contributed by atoms with Crippen LogP contribution in [-0.4, -0.2) is 37.2 Å². The lowest BCUT2D eigenvalue weighted by atomic mass is 10.0. The van der Waals surface area contributed by atoms with Crippen LogP contribution in [0.25, 0.3) is 0 Å². The lowest BCUT2D eigenvalue weighted by Crippen LogP contribution is -2.30. The first-order valence-corrected chi connectivity index (χ1v) is 24.3. The number of esters is 3. The summed E-state index contributed by atoms with van der Waals surface area (Å²) in [5, 5.41) is 0. The van der Waals surface area contributed by atoms with Crippen molar-refractivity contribution < 1.29 is 28.6 Å². The van der Waals surface area contributed by atoms with Crippen molar-refractivity contribution in [2.24, 2.45) is 0 Å². The van der Waals surface area contributed by atoms with Gasteiger partial charge in [-0.1, -0.05) is 216 Å². The highest BCUT2D eigenvalue weighted by molar-refractivity contribution is 5.71. The molecule has 0 aromatic heterocycles. The fourth-order valence-electron chi connectivity index (χ4n) is 6.67. The third-order valence-corrected chi connectivity index (χ3v) is 10.3. The third kappa shape index (κ3) is 44.2. The van der Waals surface area contributed by atoms with E-state index in [9.17, 15) is 14.4 Å². The molecule has 58 heavy (non-hydrogen) atoms. The largest absolute Gasteiger partial charge is 0.462 e. The average molecular weight is 811 g/mol. The van der Waals surface area contributed by atoms with Crippen molar-refractivity contribution >= 4 is 17.9 Å². The van der Waals surface area contributed by atoms with E-state index in [1.807, 2.05) is 6.08 Å². The molecular weight excluding hydrogens is 721 g/mol. The zero-order chi connectivity index (χ0) is 42.3. The molecule has 1 atom stereocenters. The SMILES string of the molecule is CC\C=C/C=C\C=C/CCCCCCCCCC(=O)OCC(COC(=O)CCCCCCCCCCCCCC)OC(=O)CC/C=C\C/C=C\CCCCCCCC. The van der Waals surface area contributed by atoms with Crippen molar-refractivity contribution in [3.63, 3.8) is 0 Å². The molecule has 6 heteroatoms. The highest BCUT2D eigenvalue weighted by atomic mass is 16.6. The average Bonchev–Trinajstić information content (AvgIpc) is 3.22. The number of carbonyl (C=O) groups excluding carboxylic acids is 3. The zero-order valence-corrected chi connectivity index (χ0v) is 38.0. The van der Waals surface area contributed by atoms with E-state index in [4.69, 9.17) is 14.2 Å². The second-order valence-electron chi connectivity index (χ2n) is 16.1. The number of carbonyl (C=O) groups is 3. The maximum absolute atomic E-state index is 12.7. The van der Waals surface area contributed by atoms with Crippen molar-refractivity contribution in [3.8, 4) is 0 Å². The fraction of sp³-hybridized carbons (Fsp3) is 0.750. The van der Waals surface area contributed by atoms with Gasteiger partial charge in [-0.15, -0.1) is 0 Å². The summed E-state index contributed by atoms with van der Waals surface area (Å²) in [6.07, 6.45) is 56.4. The second kappa shape index (κ2) is 46.8. The topological polar surface area (TPSA) is 78.9 Å². The monoisotopic (exact) mass is 811 g/mol.